The van der Waals surface area contributed by atoms with E-state index in [-0.39, 0.29) is 0 Å². The van der Waals surface area contributed by atoms with Crippen molar-refractivity contribution in [3.8, 4) is 5.75 Å². The quantitative estimate of drug-likeness (QED) is 0.698. The van der Waals surface area contributed by atoms with E-state index in [1.807, 2.05) is 31.2 Å². The normalized spacial score (nSPS) is 13.0. The molecule has 0 unspecified atom stereocenters. The van der Waals surface area contributed by atoms with Gasteiger partial charge in [-0.3, -0.25) is 14.9 Å². The third-order valence-corrected chi connectivity index (χ3v) is 3.25. The molecule has 0 amide bonds. The van der Waals surface area contributed by atoms with Gasteiger partial charge < -0.3 is 14.2 Å². The Balaban J connectivity index is 2.74. The number of nitrogens with one attached hydrogen (secondary N) is 1. The summed E-state index contributed by atoms with van der Waals surface area (Å²) in [7, 11) is 1.32. The van der Waals surface area contributed by atoms with Crippen LogP contribution in [0.5, 0.6) is 5.75 Å². The second kappa shape index (κ2) is 9.84. The molecule has 0 spiro atoms. The van der Waals surface area contributed by atoms with Crippen molar-refractivity contribution < 1.29 is 23.8 Å². The Morgan fingerprint density at radius 2 is 1.74 bits per heavy atom. The summed E-state index contributed by atoms with van der Waals surface area (Å²) < 4.78 is 15.1. The lowest BCUT2D eigenvalue weighted by Gasteiger charge is -2.20. The number of ether oxygens (including phenoxy) is 3. The van der Waals surface area contributed by atoms with Crippen molar-refractivity contribution in [1.82, 2.24) is 5.32 Å². The molecule has 2 atom stereocenters. The fourth-order valence-corrected chi connectivity index (χ4v) is 2.11. The van der Waals surface area contributed by atoms with Gasteiger partial charge in [-0.15, -0.1) is 0 Å². The van der Waals surface area contributed by atoms with E-state index >= 15 is 0 Å². The predicted molar refractivity (Wildman–Crippen MR) is 86.3 cm³/mol. The van der Waals surface area contributed by atoms with Gasteiger partial charge in [0, 0.05) is 0 Å². The summed E-state index contributed by atoms with van der Waals surface area (Å²) in [6.45, 7) is 6.21. The highest BCUT2D eigenvalue weighted by atomic mass is 16.5. The molecule has 0 aliphatic heterocycles. The summed E-state index contributed by atoms with van der Waals surface area (Å²) in [6, 6.07) is 6.25. The number of carbonyl (C=O) groups is 2. The summed E-state index contributed by atoms with van der Waals surface area (Å²) in [5, 5.41) is 2.96. The van der Waals surface area contributed by atoms with Crippen LogP contribution in [0.3, 0.4) is 0 Å². The minimum absolute atomic E-state index is 0.298. The molecule has 0 heterocycles. The maximum absolute atomic E-state index is 11.9. The summed E-state index contributed by atoms with van der Waals surface area (Å²) >= 11 is 0. The summed E-state index contributed by atoms with van der Waals surface area (Å²) in [4.78, 5) is 23.6. The van der Waals surface area contributed by atoms with Gasteiger partial charge in [0.1, 0.15) is 17.8 Å². The number of methoxy groups -OCH3 is 1. The number of carbonyl (C=O) groups excluding carboxylic acids is 2. The standard InChI is InChI=1S/C17H25NO5/c1-5-22-14-9-7-13(8-10-14)11-15(17(20)21-4)18-12(3)16(19)23-6-2/h7-10,12,15,18H,5-6,11H2,1-4H3/t12-,15+/m1/s1. The molecule has 0 radical (unpaired) electrons. The topological polar surface area (TPSA) is 73.9 Å². The van der Waals surface area contributed by atoms with Crippen molar-refractivity contribution in [2.45, 2.75) is 39.3 Å². The fraction of sp³-hybridized carbons (Fsp3) is 0.529. The van der Waals surface area contributed by atoms with Crippen molar-refractivity contribution >= 4 is 11.9 Å². The second-order valence-corrected chi connectivity index (χ2v) is 5.00. The van der Waals surface area contributed by atoms with Crippen LogP contribution in [-0.2, 0) is 25.5 Å². The average Bonchev–Trinajstić information content (AvgIpc) is 2.55. The average molecular weight is 323 g/mol. The predicted octanol–water partition coefficient (Wildman–Crippen LogP) is 1.71. The Bertz CT molecular complexity index is 500. The molecule has 1 aromatic carbocycles. The van der Waals surface area contributed by atoms with Gasteiger partial charge >= 0.3 is 11.9 Å². The van der Waals surface area contributed by atoms with Crippen LogP contribution in [0.1, 0.15) is 26.3 Å². The van der Waals surface area contributed by atoms with Gasteiger partial charge in [-0.1, -0.05) is 12.1 Å². The molecule has 0 bridgehead atoms. The summed E-state index contributed by atoms with van der Waals surface area (Å²) in [6.07, 6.45) is 0.406. The number of hydrogen-bond acceptors (Lipinski definition) is 6. The Hall–Kier alpha value is -2.08. The minimum Gasteiger partial charge on any atom is -0.494 e. The molecule has 0 fully saturated rings. The number of esters is 2. The molecule has 0 saturated carbocycles. The minimum atomic E-state index is -0.627. The van der Waals surface area contributed by atoms with Gasteiger partial charge in [-0.05, 0) is 44.9 Å². The lowest BCUT2D eigenvalue weighted by molar-refractivity contribution is -0.147. The van der Waals surface area contributed by atoms with Crippen LogP contribution in [0.25, 0.3) is 0 Å². The van der Waals surface area contributed by atoms with Crippen LogP contribution >= 0.6 is 0 Å². The zero-order chi connectivity index (χ0) is 17.2. The first-order chi connectivity index (χ1) is 11.0. The molecule has 0 aromatic heterocycles. The molecule has 1 rings (SSSR count). The number of hydrogen-bond donors (Lipinski definition) is 1. The molecule has 128 valence electrons. The van der Waals surface area contributed by atoms with Crippen molar-refractivity contribution in [1.29, 1.82) is 0 Å². The Kier molecular flexibility index (Phi) is 8.11. The van der Waals surface area contributed by atoms with Gasteiger partial charge in [0.15, 0.2) is 0 Å². The van der Waals surface area contributed by atoms with Gasteiger partial charge in [-0.25, -0.2) is 0 Å². The molecule has 6 heteroatoms. The SMILES string of the molecule is CCOC(=O)[C@@H](C)N[C@@H](Cc1ccc(OCC)cc1)C(=O)OC. The Morgan fingerprint density at radius 3 is 2.26 bits per heavy atom. The summed E-state index contributed by atoms with van der Waals surface area (Å²) in [5.41, 5.74) is 0.937. The van der Waals surface area contributed by atoms with E-state index in [0.717, 1.165) is 11.3 Å². The molecular formula is C17H25NO5. The van der Waals surface area contributed by atoms with Crippen LogP contribution in [0.15, 0.2) is 24.3 Å². The number of benzene rings is 1. The van der Waals surface area contributed by atoms with Crippen LogP contribution in [-0.4, -0.2) is 44.3 Å². The van der Waals surface area contributed by atoms with E-state index in [9.17, 15) is 9.59 Å². The van der Waals surface area contributed by atoms with Gasteiger partial charge in [0.2, 0.25) is 0 Å². The van der Waals surface area contributed by atoms with E-state index in [4.69, 9.17) is 14.2 Å². The maximum Gasteiger partial charge on any atom is 0.323 e. The highest BCUT2D eigenvalue weighted by Gasteiger charge is 2.25. The van der Waals surface area contributed by atoms with Gasteiger partial charge in [0.05, 0.1) is 20.3 Å². The van der Waals surface area contributed by atoms with Crippen molar-refractivity contribution in [2.75, 3.05) is 20.3 Å². The third-order valence-electron chi connectivity index (χ3n) is 3.25. The second-order valence-electron chi connectivity index (χ2n) is 5.00. The van der Waals surface area contributed by atoms with E-state index < -0.39 is 24.0 Å². The van der Waals surface area contributed by atoms with E-state index in [0.29, 0.717) is 19.6 Å². The van der Waals surface area contributed by atoms with Crippen LogP contribution in [0, 0.1) is 0 Å². The largest absolute Gasteiger partial charge is 0.494 e. The lowest BCUT2D eigenvalue weighted by atomic mass is 10.0. The van der Waals surface area contributed by atoms with Crippen molar-refractivity contribution in [3.05, 3.63) is 29.8 Å². The van der Waals surface area contributed by atoms with Gasteiger partial charge in [0.25, 0.3) is 0 Å². The summed E-state index contributed by atoms with van der Waals surface area (Å²) in [5.74, 6) is -0.0400. The van der Waals surface area contributed by atoms with E-state index in [1.165, 1.54) is 7.11 Å². The first-order valence-corrected chi connectivity index (χ1v) is 7.74. The molecule has 0 aliphatic carbocycles. The molecule has 0 saturated heterocycles. The fourth-order valence-electron chi connectivity index (χ4n) is 2.11. The molecular weight excluding hydrogens is 298 g/mol. The van der Waals surface area contributed by atoms with Crippen LogP contribution in [0.2, 0.25) is 0 Å². The van der Waals surface area contributed by atoms with Crippen LogP contribution < -0.4 is 10.1 Å². The third kappa shape index (κ3) is 6.28. The molecule has 6 nitrogen and oxygen atoms in total. The Labute approximate surface area is 137 Å². The van der Waals surface area contributed by atoms with Crippen molar-refractivity contribution in [3.63, 3.8) is 0 Å². The maximum atomic E-state index is 11.9. The lowest BCUT2D eigenvalue weighted by Crippen LogP contribution is -2.47. The van der Waals surface area contributed by atoms with Gasteiger partial charge in [-0.2, -0.15) is 0 Å². The highest BCUT2D eigenvalue weighted by Crippen LogP contribution is 2.14. The zero-order valence-electron chi connectivity index (χ0n) is 14.1. The zero-order valence-corrected chi connectivity index (χ0v) is 14.1. The molecule has 1 N–H and O–H groups in total. The first-order valence-electron chi connectivity index (χ1n) is 7.74. The molecule has 0 aliphatic rings. The molecule has 1 aromatic rings. The Morgan fingerprint density at radius 1 is 1.09 bits per heavy atom. The van der Waals surface area contributed by atoms with E-state index in [1.54, 1.807) is 13.8 Å². The first kappa shape index (κ1) is 19.0. The van der Waals surface area contributed by atoms with Crippen LogP contribution in [0.4, 0.5) is 0 Å². The highest BCUT2D eigenvalue weighted by molar-refractivity contribution is 5.79. The molecule has 23 heavy (non-hydrogen) atoms. The smallest absolute Gasteiger partial charge is 0.323 e. The van der Waals surface area contributed by atoms with E-state index in [2.05, 4.69) is 5.32 Å². The monoisotopic (exact) mass is 323 g/mol. The van der Waals surface area contributed by atoms with Crippen molar-refractivity contribution in [2.24, 2.45) is 0 Å². The number of rotatable bonds is 9.